The molecular weight excluding hydrogens is 234 g/mol. The van der Waals surface area contributed by atoms with Gasteiger partial charge >= 0.3 is 0 Å². The first-order valence-corrected chi connectivity index (χ1v) is 6.12. The quantitative estimate of drug-likeness (QED) is 0.905. The second-order valence-electron chi connectivity index (χ2n) is 3.96. The number of aromatic nitrogens is 2. The lowest BCUT2D eigenvalue weighted by molar-refractivity contribution is 0.500. The van der Waals surface area contributed by atoms with Gasteiger partial charge in [-0.25, -0.2) is 4.98 Å². The van der Waals surface area contributed by atoms with Crippen LogP contribution in [0.5, 0.6) is 0 Å². The molecule has 0 saturated heterocycles. The lowest BCUT2D eigenvalue weighted by Gasteiger charge is -2.18. The van der Waals surface area contributed by atoms with Crippen LogP contribution < -0.4 is 5.73 Å². The van der Waals surface area contributed by atoms with Gasteiger partial charge in [-0.2, -0.15) is 0 Å². The monoisotopic (exact) mass is 249 g/mol. The molecule has 0 aliphatic rings. The maximum absolute atomic E-state index is 6.21. The highest BCUT2D eigenvalue weighted by atomic mass is 35.5. The standard InChI is InChI=1S/C13H16ClN3/c1-2-10(7-15)17-9-16-8-13(17)11-5-3-4-6-12(11)14/h3-6,8-10H,2,7,15H2,1H3. The second-order valence-corrected chi connectivity index (χ2v) is 4.37. The summed E-state index contributed by atoms with van der Waals surface area (Å²) in [7, 11) is 0. The zero-order valence-electron chi connectivity index (χ0n) is 9.81. The summed E-state index contributed by atoms with van der Waals surface area (Å²) in [6.07, 6.45) is 4.63. The van der Waals surface area contributed by atoms with Crippen molar-refractivity contribution in [1.82, 2.24) is 9.55 Å². The Labute approximate surface area is 106 Å². The van der Waals surface area contributed by atoms with E-state index < -0.39 is 0 Å². The van der Waals surface area contributed by atoms with E-state index in [1.54, 1.807) is 0 Å². The maximum Gasteiger partial charge on any atom is 0.0954 e. The van der Waals surface area contributed by atoms with Gasteiger partial charge in [-0.1, -0.05) is 36.7 Å². The van der Waals surface area contributed by atoms with Gasteiger partial charge in [0.15, 0.2) is 0 Å². The molecule has 0 saturated carbocycles. The molecule has 0 spiro atoms. The van der Waals surface area contributed by atoms with Crippen molar-refractivity contribution in [2.45, 2.75) is 19.4 Å². The van der Waals surface area contributed by atoms with Crippen molar-refractivity contribution in [2.24, 2.45) is 5.73 Å². The van der Waals surface area contributed by atoms with Gasteiger partial charge in [0.1, 0.15) is 0 Å². The molecule has 1 heterocycles. The third-order valence-electron chi connectivity index (χ3n) is 2.95. The molecule has 3 nitrogen and oxygen atoms in total. The average molecular weight is 250 g/mol. The summed E-state index contributed by atoms with van der Waals surface area (Å²) in [6, 6.07) is 8.05. The number of hydrogen-bond acceptors (Lipinski definition) is 2. The normalized spacial score (nSPS) is 12.6. The minimum atomic E-state index is 0.267. The molecule has 90 valence electrons. The molecule has 1 aromatic heterocycles. The fourth-order valence-electron chi connectivity index (χ4n) is 1.95. The largest absolute Gasteiger partial charge is 0.328 e. The number of nitrogens with zero attached hydrogens (tertiary/aromatic N) is 2. The first-order valence-electron chi connectivity index (χ1n) is 5.74. The van der Waals surface area contributed by atoms with Crippen LogP contribution in [-0.4, -0.2) is 16.1 Å². The van der Waals surface area contributed by atoms with Crippen LogP contribution in [0, 0.1) is 0 Å². The summed E-state index contributed by atoms with van der Waals surface area (Å²) < 4.78 is 2.10. The third kappa shape index (κ3) is 2.35. The zero-order chi connectivity index (χ0) is 12.3. The smallest absolute Gasteiger partial charge is 0.0954 e. The van der Waals surface area contributed by atoms with Crippen LogP contribution in [0.2, 0.25) is 5.02 Å². The Bertz CT molecular complexity index is 489. The fraction of sp³-hybridized carbons (Fsp3) is 0.308. The Kier molecular flexibility index (Phi) is 3.82. The van der Waals surface area contributed by atoms with E-state index in [-0.39, 0.29) is 6.04 Å². The minimum Gasteiger partial charge on any atom is -0.328 e. The SMILES string of the molecule is CCC(CN)n1cncc1-c1ccccc1Cl. The first kappa shape index (κ1) is 12.1. The molecule has 4 heteroatoms. The summed E-state index contributed by atoms with van der Waals surface area (Å²) >= 11 is 6.21. The molecule has 1 aromatic carbocycles. The van der Waals surface area contributed by atoms with E-state index >= 15 is 0 Å². The maximum atomic E-state index is 6.21. The highest BCUT2D eigenvalue weighted by Crippen LogP contribution is 2.29. The molecule has 0 bridgehead atoms. The summed E-state index contributed by atoms with van der Waals surface area (Å²) in [5.74, 6) is 0. The number of halogens is 1. The zero-order valence-corrected chi connectivity index (χ0v) is 10.6. The molecule has 2 rings (SSSR count). The van der Waals surface area contributed by atoms with Gasteiger partial charge in [0.05, 0.1) is 18.2 Å². The van der Waals surface area contributed by atoms with Crippen LogP contribution >= 0.6 is 11.6 Å². The molecule has 0 amide bonds. The van der Waals surface area contributed by atoms with E-state index in [4.69, 9.17) is 17.3 Å². The lowest BCUT2D eigenvalue weighted by Crippen LogP contribution is -2.18. The Hall–Kier alpha value is -1.32. The highest BCUT2D eigenvalue weighted by Gasteiger charge is 2.13. The Morgan fingerprint density at radius 1 is 1.41 bits per heavy atom. The van der Waals surface area contributed by atoms with Crippen LogP contribution in [0.3, 0.4) is 0 Å². The summed E-state index contributed by atoms with van der Waals surface area (Å²) in [4.78, 5) is 4.21. The van der Waals surface area contributed by atoms with Crippen molar-refractivity contribution in [1.29, 1.82) is 0 Å². The van der Waals surface area contributed by atoms with Crippen LogP contribution in [0.1, 0.15) is 19.4 Å². The number of imidazole rings is 1. The predicted molar refractivity (Wildman–Crippen MR) is 71.1 cm³/mol. The summed E-state index contributed by atoms with van der Waals surface area (Å²) in [6.45, 7) is 2.72. The molecule has 17 heavy (non-hydrogen) atoms. The van der Waals surface area contributed by atoms with E-state index in [1.807, 2.05) is 36.8 Å². The summed E-state index contributed by atoms with van der Waals surface area (Å²) in [5, 5.41) is 0.737. The second kappa shape index (κ2) is 5.34. The minimum absolute atomic E-state index is 0.267. The van der Waals surface area contributed by atoms with Crippen molar-refractivity contribution in [2.75, 3.05) is 6.54 Å². The Morgan fingerprint density at radius 2 is 2.18 bits per heavy atom. The van der Waals surface area contributed by atoms with Gasteiger partial charge in [0.2, 0.25) is 0 Å². The summed E-state index contributed by atoms with van der Waals surface area (Å²) in [5.41, 5.74) is 7.80. The molecular formula is C13H16ClN3. The van der Waals surface area contributed by atoms with E-state index in [2.05, 4.69) is 16.5 Å². The molecule has 0 aliphatic heterocycles. The average Bonchev–Trinajstić information content (AvgIpc) is 2.80. The molecule has 2 N–H and O–H groups in total. The van der Waals surface area contributed by atoms with Crippen molar-refractivity contribution in [3.05, 3.63) is 41.8 Å². The fourth-order valence-corrected chi connectivity index (χ4v) is 2.18. The Balaban J connectivity index is 2.47. The number of nitrogens with two attached hydrogens (primary N) is 1. The van der Waals surface area contributed by atoms with Crippen molar-refractivity contribution in [3.63, 3.8) is 0 Å². The number of hydrogen-bond donors (Lipinski definition) is 1. The van der Waals surface area contributed by atoms with Gasteiger partial charge in [-0.15, -0.1) is 0 Å². The topological polar surface area (TPSA) is 43.8 Å². The van der Waals surface area contributed by atoms with E-state index in [0.29, 0.717) is 6.54 Å². The molecule has 1 unspecified atom stereocenters. The third-order valence-corrected chi connectivity index (χ3v) is 3.28. The lowest BCUT2D eigenvalue weighted by atomic mass is 10.1. The van der Waals surface area contributed by atoms with Gasteiger partial charge in [-0.3, -0.25) is 0 Å². The van der Waals surface area contributed by atoms with Crippen LogP contribution in [0.15, 0.2) is 36.8 Å². The van der Waals surface area contributed by atoms with Gasteiger partial charge in [0.25, 0.3) is 0 Å². The van der Waals surface area contributed by atoms with Gasteiger partial charge in [0, 0.05) is 23.2 Å². The number of benzene rings is 1. The van der Waals surface area contributed by atoms with E-state index in [9.17, 15) is 0 Å². The molecule has 2 aromatic rings. The van der Waals surface area contributed by atoms with E-state index in [0.717, 1.165) is 22.7 Å². The first-order chi connectivity index (χ1) is 8.27. The van der Waals surface area contributed by atoms with E-state index in [1.165, 1.54) is 0 Å². The molecule has 0 aliphatic carbocycles. The predicted octanol–water partition coefficient (Wildman–Crippen LogP) is 3.11. The van der Waals surface area contributed by atoms with Crippen LogP contribution in [-0.2, 0) is 0 Å². The van der Waals surface area contributed by atoms with Gasteiger partial charge < -0.3 is 10.3 Å². The van der Waals surface area contributed by atoms with Crippen LogP contribution in [0.4, 0.5) is 0 Å². The van der Waals surface area contributed by atoms with Crippen molar-refractivity contribution >= 4 is 11.6 Å². The molecule has 0 fully saturated rings. The number of rotatable bonds is 4. The van der Waals surface area contributed by atoms with Crippen molar-refractivity contribution in [3.8, 4) is 11.3 Å². The molecule has 1 atom stereocenters. The van der Waals surface area contributed by atoms with Crippen molar-refractivity contribution < 1.29 is 0 Å². The molecule has 0 radical (unpaired) electrons. The highest BCUT2D eigenvalue weighted by molar-refractivity contribution is 6.33. The van der Waals surface area contributed by atoms with Crippen LogP contribution in [0.25, 0.3) is 11.3 Å². The Morgan fingerprint density at radius 3 is 2.82 bits per heavy atom. The van der Waals surface area contributed by atoms with Gasteiger partial charge in [-0.05, 0) is 12.5 Å².